The van der Waals surface area contributed by atoms with Gasteiger partial charge in [-0.05, 0) is 18.2 Å². The molecular weight excluding hydrogens is 296 g/mol. The first-order chi connectivity index (χ1) is 8.69. The maximum absolute atomic E-state index is 11.9. The third-order valence-electron chi connectivity index (χ3n) is 2.20. The van der Waals surface area contributed by atoms with Crippen molar-refractivity contribution in [1.29, 1.82) is 5.26 Å². The van der Waals surface area contributed by atoms with E-state index < -0.39 is 0 Å². The minimum Gasteiger partial charge on any atom is -0.305 e. The van der Waals surface area contributed by atoms with Crippen LogP contribution in [0.4, 0.5) is 5.82 Å². The fourth-order valence-corrected chi connectivity index (χ4v) is 1.81. The van der Waals surface area contributed by atoms with Crippen LogP contribution < -0.4 is 5.32 Å². The van der Waals surface area contributed by atoms with E-state index in [1.807, 2.05) is 12.1 Å². The van der Waals surface area contributed by atoms with Crippen LogP contribution in [0.3, 0.4) is 0 Å². The van der Waals surface area contributed by atoms with E-state index in [4.69, 9.17) is 5.26 Å². The Kier molecular flexibility index (Phi) is 3.75. The summed E-state index contributed by atoms with van der Waals surface area (Å²) in [5.41, 5.74) is 0.541. The van der Waals surface area contributed by atoms with Gasteiger partial charge in [0.2, 0.25) is 0 Å². The predicted octanol–water partition coefficient (Wildman–Crippen LogP) is 2.42. The van der Waals surface area contributed by atoms with Crippen molar-refractivity contribution in [2.75, 3.05) is 5.32 Å². The molecule has 1 N–H and O–H groups in total. The van der Waals surface area contributed by atoms with Gasteiger partial charge in [-0.2, -0.15) is 10.4 Å². The summed E-state index contributed by atoms with van der Waals surface area (Å²) < 4.78 is 2.29. The monoisotopic (exact) mass is 304 g/mol. The number of nitrogens with zero attached hydrogens (tertiary/aromatic N) is 3. The molecule has 0 saturated heterocycles. The van der Waals surface area contributed by atoms with Crippen molar-refractivity contribution in [3.63, 3.8) is 0 Å². The van der Waals surface area contributed by atoms with Crippen molar-refractivity contribution < 1.29 is 4.79 Å². The van der Waals surface area contributed by atoms with Crippen LogP contribution in [0.15, 0.2) is 41.0 Å². The second-order valence-electron chi connectivity index (χ2n) is 3.52. The predicted molar refractivity (Wildman–Crippen MR) is 69.9 cm³/mol. The highest BCUT2D eigenvalue weighted by Crippen LogP contribution is 2.13. The van der Waals surface area contributed by atoms with Gasteiger partial charge < -0.3 is 5.32 Å². The van der Waals surface area contributed by atoms with Crippen LogP contribution in [0.5, 0.6) is 0 Å². The fourth-order valence-electron chi connectivity index (χ4n) is 1.41. The summed E-state index contributed by atoms with van der Waals surface area (Å²) in [5.74, 6) is 0.189. The van der Waals surface area contributed by atoms with Gasteiger partial charge in [-0.15, -0.1) is 0 Å². The second kappa shape index (κ2) is 5.47. The average molecular weight is 305 g/mol. The van der Waals surface area contributed by atoms with Gasteiger partial charge >= 0.3 is 0 Å². The lowest BCUT2D eigenvalue weighted by atomic mass is 10.2. The van der Waals surface area contributed by atoms with Gasteiger partial charge in [0.05, 0.1) is 6.07 Å². The molecule has 0 aliphatic heterocycles. The average Bonchev–Trinajstić information content (AvgIpc) is 2.77. The number of aromatic nitrogens is 2. The Morgan fingerprint density at radius 2 is 2.33 bits per heavy atom. The smallest absolute Gasteiger partial charge is 0.256 e. The van der Waals surface area contributed by atoms with Crippen molar-refractivity contribution in [2.24, 2.45) is 0 Å². The number of carbonyl (C=O) groups is 1. The number of nitrogens with one attached hydrogen (secondary N) is 1. The Balaban J connectivity index is 2.09. The summed E-state index contributed by atoms with van der Waals surface area (Å²) >= 11 is 3.30. The molecule has 2 aromatic rings. The molecule has 0 aliphatic rings. The molecule has 0 spiro atoms. The van der Waals surface area contributed by atoms with E-state index >= 15 is 0 Å². The van der Waals surface area contributed by atoms with Gasteiger partial charge in [0.25, 0.3) is 5.91 Å². The topological polar surface area (TPSA) is 70.7 Å². The zero-order valence-electron chi connectivity index (χ0n) is 9.30. The van der Waals surface area contributed by atoms with Crippen molar-refractivity contribution in [3.05, 3.63) is 46.6 Å². The van der Waals surface area contributed by atoms with Crippen LogP contribution >= 0.6 is 15.9 Å². The van der Waals surface area contributed by atoms with Crippen molar-refractivity contribution in [3.8, 4) is 6.07 Å². The van der Waals surface area contributed by atoms with Gasteiger partial charge in [0, 0.05) is 22.3 Å². The maximum atomic E-state index is 11.9. The first-order valence-electron chi connectivity index (χ1n) is 5.16. The summed E-state index contributed by atoms with van der Waals surface area (Å²) in [6.45, 7) is 0.159. The minimum atomic E-state index is -0.237. The highest BCUT2D eigenvalue weighted by atomic mass is 79.9. The third kappa shape index (κ3) is 2.96. The van der Waals surface area contributed by atoms with Crippen molar-refractivity contribution >= 4 is 27.7 Å². The maximum Gasteiger partial charge on any atom is 0.256 e. The van der Waals surface area contributed by atoms with E-state index in [-0.39, 0.29) is 12.5 Å². The number of amides is 1. The highest BCUT2D eigenvalue weighted by Gasteiger charge is 2.08. The summed E-state index contributed by atoms with van der Waals surface area (Å²) in [4.78, 5) is 11.9. The zero-order chi connectivity index (χ0) is 13.0. The standard InChI is InChI=1S/C12H9BrN4O/c13-10-3-1-2-9(8-10)12(18)15-11-4-6-17(16-11)7-5-14/h1-4,6,8H,7H2,(H,15,16,18). The number of nitriles is 1. The molecule has 1 amide bonds. The lowest BCUT2D eigenvalue weighted by Gasteiger charge is -2.02. The van der Waals surface area contributed by atoms with Gasteiger partial charge in [-0.3, -0.25) is 9.48 Å². The SMILES string of the molecule is N#CCn1ccc(NC(=O)c2cccc(Br)c2)n1. The van der Waals surface area contributed by atoms with E-state index in [9.17, 15) is 4.79 Å². The Morgan fingerprint density at radius 1 is 1.50 bits per heavy atom. The molecule has 0 aliphatic carbocycles. The van der Waals surface area contributed by atoms with Crippen molar-refractivity contribution in [1.82, 2.24) is 9.78 Å². The van der Waals surface area contributed by atoms with Crippen LogP contribution in [0.1, 0.15) is 10.4 Å². The molecular formula is C12H9BrN4O. The van der Waals surface area contributed by atoms with Crippen LogP contribution in [0.2, 0.25) is 0 Å². The lowest BCUT2D eigenvalue weighted by Crippen LogP contribution is -2.12. The molecule has 6 heteroatoms. The zero-order valence-corrected chi connectivity index (χ0v) is 10.9. The van der Waals surface area contributed by atoms with Crippen LogP contribution in [0, 0.1) is 11.3 Å². The Bertz CT molecular complexity index is 615. The highest BCUT2D eigenvalue weighted by molar-refractivity contribution is 9.10. The normalized spacial score (nSPS) is 9.78. The number of benzene rings is 1. The molecule has 0 atom stereocenters. The number of hydrogen-bond donors (Lipinski definition) is 1. The Morgan fingerprint density at radius 3 is 3.06 bits per heavy atom. The fraction of sp³-hybridized carbons (Fsp3) is 0.0833. The molecule has 0 bridgehead atoms. The molecule has 1 aromatic heterocycles. The molecule has 18 heavy (non-hydrogen) atoms. The molecule has 2 rings (SSSR count). The molecule has 1 aromatic carbocycles. The molecule has 0 fully saturated rings. The molecule has 0 radical (unpaired) electrons. The summed E-state index contributed by atoms with van der Waals surface area (Å²) in [6.07, 6.45) is 1.64. The Hall–Kier alpha value is -2.13. The molecule has 0 unspecified atom stereocenters. The molecule has 90 valence electrons. The van der Waals surface area contributed by atoms with E-state index in [2.05, 4.69) is 26.3 Å². The summed E-state index contributed by atoms with van der Waals surface area (Å²) in [5, 5.41) is 15.2. The van der Waals surface area contributed by atoms with Gasteiger partial charge in [0.1, 0.15) is 6.54 Å². The quantitative estimate of drug-likeness (QED) is 0.946. The van der Waals surface area contributed by atoms with Gasteiger partial charge in [0.15, 0.2) is 5.82 Å². The lowest BCUT2D eigenvalue weighted by molar-refractivity contribution is 0.102. The van der Waals surface area contributed by atoms with Crippen molar-refractivity contribution in [2.45, 2.75) is 6.54 Å². The Labute approximate surface area is 112 Å². The first-order valence-corrected chi connectivity index (χ1v) is 5.95. The molecule has 0 saturated carbocycles. The number of halogens is 1. The largest absolute Gasteiger partial charge is 0.305 e. The third-order valence-corrected chi connectivity index (χ3v) is 2.70. The summed E-state index contributed by atoms with van der Waals surface area (Å²) in [7, 11) is 0. The first kappa shape index (κ1) is 12.3. The van der Waals surface area contributed by atoms with Gasteiger partial charge in [-0.25, -0.2) is 0 Å². The van der Waals surface area contributed by atoms with E-state index in [1.165, 1.54) is 4.68 Å². The van der Waals surface area contributed by atoms with Crippen LogP contribution in [-0.4, -0.2) is 15.7 Å². The number of carbonyl (C=O) groups excluding carboxylic acids is 1. The number of rotatable bonds is 3. The van der Waals surface area contributed by atoms with Crippen LogP contribution in [0.25, 0.3) is 0 Å². The van der Waals surface area contributed by atoms with Crippen LogP contribution in [-0.2, 0) is 6.54 Å². The minimum absolute atomic E-state index is 0.159. The van der Waals surface area contributed by atoms with E-state index in [0.29, 0.717) is 11.4 Å². The summed E-state index contributed by atoms with van der Waals surface area (Å²) in [6, 6.07) is 10.7. The number of anilines is 1. The number of hydrogen-bond acceptors (Lipinski definition) is 3. The molecule has 1 heterocycles. The molecule has 5 nitrogen and oxygen atoms in total. The van der Waals surface area contributed by atoms with E-state index in [0.717, 1.165) is 4.47 Å². The second-order valence-corrected chi connectivity index (χ2v) is 4.44. The van der Waals surface area contributed by atoms with Gasteiger partial charge in [-0.1, -0.05) is 22.0 Å². The van der Waals surface area contributed by atoms with E-state index in [1.54, 1.807) is 30.5 Å².